The Kier molecular flexibility index (Phi) is 7.97. The Morgan fingerprint density at radius 3 is 2.25 bits per heavy atom. The standard InChI is InChI=1S/C24H25FN2O4S/c1-31-21-11-7-19(8-12-21)23(27-32(29,30)22-13-9-20(25)10-14-22)17-24(28)26-16-15-18-5-3-2-4-6-18/h2-14,23,27H,15-17H2,1H3,(H,26,28). The molecule has 0 fully saturated rings. The van der Waals surface area contributed by atoms with Crippen LogP contribution in [0.1, 0.15) is 23.6 Å². The first-order valence-electron chi connectivity index (χ1n) is 10.1. The van der Waals surface area contributed by atoms with Crippen molar-refractivity contribution >= 4 is 15.9 Å². The van der Waals surface area contributed by atoms with Gasteiger partial charge in [-0.3, -0.25) is 4.79 Å². The number of nitrogens with one attached hydrogen (secondary N) is 2. The van der Waals surface area contributed by atoms with Crippen LogP contribution in [0.5, 0.6) is 5.75 Å². The second-order valence-corrected chi connectivity index (χ2v) is 8.90. The van der Waals surface area contributed by atoms with E-state index in [1.54, 1.807) is 24.3 Å². The van der Waals surface area contributed by atoms with Gasteiger partial charge in [-0.1, -0.05) is 42.5 Å². The van der Waals surface area contributed by atoms with Crippen LogP contribution in [0, 0.1) is 5.82 Å². The van der Waals surface area contributed by atoms with Crippen LogP contribution in [0.25, 0.3) is 0 Å². The summed E-state index contributed by atoms with van der Waals surface area (Å²) in [6, 6.07) is 20.2. The molecule has 1 amide bonds. The molecule has 1 atom stereocenters. The van der Waals surface area contributed by atoms with E-state index in [-0.39, 0.29) is 17.2 Å². The van der Waals surface area contributed by atoms with Gasteiger partial charge >= 0.3 is 0 Å². The fraction of sp³-hybridized carbons (Fsp3) is 0.208. The maximum atomic E-state index is 13.2. The average molecular weight is 457 g/mol. The molecule has 0 heterocycles. The van der Waals surface area contributed by atoms with E-state index in [4.69, 9.17) is 4.74 Å². The molecule has 0 saturated carbocycles. The van der Waals surface area contributed by atoms with Crippen LogP contribution in [-0.4, -0.2) is 28.0 Å². The van der Waals surface area contributed by atoms with Crippen molar-refractivity contribution in [1.29, 1.82) is 0 Å². The molecule has 1 unspecified atom stereocenters. The van der Waals surface area contributed by atoms with Crippen molar-refractivity contribution in [3.63, 3.8) is 0 Å². The molecule has 0 aliphatic rings. The van der Waals surface area contributed by atoms with E-state index in [2.05, 4.69) is 10.0 Å². The maximum absolute atomic E-state index is 13.2. The molecule has 0 bridgehead atoms. The topological polar surface area (TPSA) is 84.5 Å². The van der Waals surface area contributed by atoms with Crippen LogP contribution in [0.15, 0.2) is 83.8 Å². The van der Waals surface area contributed by atoms with Crippen LogP contribution in [-0.2, 0) is 21.2 Å². The fourth-order valence-corrected chi connectivity index (χ4v) is 4.41. The van der Waals surface area contributed by atoms with Crippen LogP contribution in [0.3, 0.4) is 0 Å². The highest BCUT2D eigenvalue weighted by Gasteiger charge is 2.24. The van der Waals surface area contributed by atoms with Gasteiger partial charge in [-0.15, -0.1) is 0 Å². The summed E-state index contributed by atoms with van der Waals surface area (Å²) in [5.41, 5.74) is 1.70. The summed E-state index contributed by atoms with van der Waals surface area (Å²) in [6.45, 7) is 0.433. The monoisotopic (exact) mass is 456 g/mol. The molecule has 168 valence electrons. The molecule has 0 aliphatic heterocycles. The van der Waals surface area contributed by atoms with Crippen molar-refractivity contribution < 1.29 is 22.3 Å². The molecular formula is C24H25FN2O4S. The molecular weight excluding hydrogens is 431 g/mol. The SMILES string of the molecule is COc1ccc(C(CC(=O)NCCc2ccccc2)NS(=O)(=O)c2ccc(F)cc2)cc1. The summed E-state index contributed by atoms with van der Waals surface area (Å²) in [7, 11) is -2.45. The summed E-state index contributed by atoms with van der Waals surface area (Å²) in [4.78, 5) is 12.5. The van der Waals surface area contributed by atoms with Gasteiger partial charge in [0.2, 0.25) is 15.9 Å². The first-order chi connectivity index (χ1) is 15.4. The summed E-state index contributed by atoms with van der Waals surface area (Å²) < 4.78 is 46.6. The lowest BCUT2D eigenvalue weighted by atomic mass is 10.0. The quantitative estimate of drug-likeness (QED) is 0.488. The average Bonchev–Trinajstić information content (AvgIpc) is 2.79. The molecule has 0 radical (unpaired) electrons. The van der Waals surface area contributed by atoms with Crippen molar-refractivity contribution in [3.05, 3.63) is 95.8 Å². The summed E-state index contributed by atoms with van der Waals surface area (Å²) in [5.74, 6) is -0.210. The molecule has 0 aliphatic carbocycles. The van der Waals surface area contributed by atoms with E-state index in [1.807, 2.05) is 30.3 Å². The zero-order chi connectivity index (χ0) is 23.0. The second-order valence-electron chi connectivity index (χ2n) is 7.19. The van der Waals surface area contributed by atoms with E-state index in [0.717, 1.165) is 17.7 Å². The molecule has 0 spiro atoms. The van der Waals surface area contributed by atoms with Crippen molar-refractivity contribution in [2.75, 3.05) is 13.7 Å². The van der Waals surface area contributed by atoms with E-state index < -0.39 is 21.9 Å². The largest absolute Gasteiger partial charge is 0.497 e. The highest BCUT2D eigenvalue weighted by Crippen LogP contribution is 2.23. The lowest BCUT2D eigenvalue weighted by molar-refractivity contribution is -0.121. The van der Waals surface area contributed by atoms with Crippen molar-refractivity contribution in [2.24, 2.45) is 0 Å². The minimum atomic E-state index is -3.98. The normalized spacial score (nSPS) is 12.2. The third-order valence-corrected chi connectivity index (χ3v) is 6.40. The molecule has 0 aromatic heterocycles. The highest BCUT2D eigenvalue weighted by molar-refractivity contribution is 7.89. The molecule has 3 aromatic carbocycles. The fourth-order valence-electron chi connectivity index (χ4n) is 3.18. The third-order valence-electron chi connectivity index (χ3n) is 4.91. The molecule has 3 rings (SSSR count). The van der Waals surface area contributed by atoms with Crippen LogP contribution >= 0.6 is 0 Å². The first kappa shape index (κ1) is 23.4. The summed E-state index contributed by atoms with van der Waals surface area (Å²) in [6.07, 6.45) is 0.572. The highest BCUT2D eigenvalue weighted by atomic mass is 32.2. The van der Waals surface area contributed by atoms with Crippen molar-refractivity contribution in [2.45, 2.75) is 23.8 Å². The van der Waals surface area contributed by atoms with Gasteiger partial charge in [-0.25, -0.2) is 17.5 Å². The van der Waals surface area contributed by atoms with Gasteiger partial charge in [0.1, 0.15) is 11.6 Å². The van der Waals surface area contributed by atoms with Crippen molar-refractivity contribution in [1.82, 2.24) is 10.0 Å². The number of hydrogen-bond acceptors (Lipinski definition) is 4. The van der Waals surface area contributed by atoms with Gasteiger partial charge < -0.3 is 10.1 Å². The Morgan fingerprint density at radius 1 is 0.969 bits per heavy atom. The molecule has 3 aromatic rings. The van der Waals surface area contributed by atoms with Gasteiger partial charge in [0.05, 0.1) is 18.0 Å². The molecule has 2 N–H and O–H groups in total. The van der Waals surface area contributed by atoms with Crippen LogP contribution in [0.2, 0.25) is 0 Å². The number of carbonyl (C=O) groups excluding carboxylic acids is 1. The van der Waals surface area contributed by atoms with Crippen LogP contribution < -0.4 is 14.8 Å². The minimum Gasteiger partial charge on any atom is -0.497 e. The number of methoxy groups -OCH3 is 1. The lowest BCUT2D eigenvalue weighted by Crippen LogP contribution is -2.34. The third kappa shape index (κ3) is 6.63. The van der Waals surface area contributed by atoms with E-state index in [9.17, 15) is 17.6 Å². The molecule has 6 nitrogen and oxygen atoms in total. The number of carbonyl (C=O) groups is 1. The first-order valence-corrected chi connectivity index (χ1v) is 11.6. The summed E-state index contributed by atoms with van der Waals surface area (Å²) in [5, 5.41) is 2.84. The number of amides is 1. The smallest absolute Gasteiger partial charge is 0.241 e. The molecule has 0 saturated heterocycles. The summed E-state index contributed by atoms with van der Waals surface area (Å²) >= 11 is 0. The molecule has 8 heteroatoms. The Labute approximate surface area is 187 Å². The van der Waals surface area contributed by atoms with Gasteiger partial charge in [0, 0.05) is 13.0 Å². The van der Waals surface area contributed by atoms with E-state index in [1.165, 1.54) is 19.2 Å². The Bertz CT molecular complexity index is 1120. The number of rotatable bonds is 10. The number of sulfonamides is 1. The Hall–Kier alpha value is -3.23. The molecule has 32 heavy (non-hydrogen) atoms. The number of ether oxygens (including phenoxy) is 1. The number of hydrogen-bond donors (Lipinski definition) is 2. The number of halogens is 1. The maximum Gasteiger partial charge on any atom is 0.241 e. The Morgan fingerprint density at radius 2 is 1.62 bits per heavy atom. The van der Waals surface area contributed by atoms with Gasteiger partial charge in [0.25, 0.3) is 0 Å². The number of benzene rings is 3. The zero-order valence-corrected chi connectivity index (χ0v) is 18.4. The second kappa shape index (κ2) is 10.9. The predicted octanol–water partition coefficient (Wildman–Crippen LogP) is 3.60. The van der Waals surface area contributed by atoms with Gasteiger partial charge in [0.15, 0.2) is 0 Å². The van der Waals surface area contributed by atoms with E-state index >= 15 is 0 Å². The van der Waals surface area contributed by atoms with Crippen molar-refractivity contribution in [3.8, 4) is 5.75 Å². The Balaban J connectivity index is 1.72. The zero-order valence-electron chi connectivity index (χ0n) is 17.6. The van der Waals surface area contributed by atoms with Crippen LogP contribution in [0.4, 0.5) is 4.39 Å². The minimum absolute atomic E-state index is 0.0816. The van der Waals surface area contributed by atoms with Gasteiger partial charge in [-0.05, 0) is 53.9 Å². The van der Waals surface area contributed by atoms with E-state index in [0.29, 0.717) is 24.3 Å². The lowest BCUT2D eigenvalue weighted by Gasteiger charge is -2.19. The van der Waals surface area contributed by atoms with Gasteiger partial charge in [-0.2, -0.15) is 0 Å². The predicted molar refractivity (Wildman–Crippen MR) is 120 cm³/mol.